The van der Waals surface area contributed by atoms with Gasteiger partial charge in [0.1, 0.15) is 27.6 Å². The topological polar surface area (TPSA) is 89.5 Å². The van der Waals surface area contributed by atoms with Crippen LogP contribution in [0.15, 0.2) is 59.9 Å². The molecule has 4 rings (SSSR count). The number of fused-ring (bicyclic) bond motifs is 1. The summed E-state index contributed by atoms with van der Waals surface area (Å²) in [6.45, 7) is 0.739. The second kappa shape index (κ2) is 10.5. The Hall–Kier alpha value is -3.37. The Morgan fingerprint density at radius 3 is 2.70 bits per heavy atom. The molecule has 2 aromatic heterocycles. The number of anilines is 2. The molecule has 10 heteroatoms. The van der Waals surface area contributed by atoms with Gasteiger partial charge in [0, 0.05) is 19.7 Å². The molecule has 0 atom stereocenters. The molecule has 33 heavy (non-hydrogen) atoms. The fourth-order valence-corrected chi connectivity index (χ4v) is 4.99. The van der Waals surface area contributed by atoms with Crippen molar-refractivity contribution in [1.82, 2.24) is 15.0 Å². The molecule has 0 saturated heterocycles. The van der Waals surface area contributed by atoms with E-state index < -0.39 is 0 Å². The van der Waals surface area contributed by atoms with Crippen LogP contribution in [0.5, 0.6) is 11.5 Å². The highest BCUT2D eigenvalue weighted by molar-refractivity contribution is 8.00. The first kappa shape index (κ1) is 22.8. The maximum atomic E-state index is 12.6. The maximum Gasteiger partial charge on any atom is 0.234 e. The van der Waals surface area contributed by atoms with Crippen LogP contribution in [0.1, 0.15) is 5.56 Å². The number of rotatable bonds is 9. The van der Waals surface area contributed by atoms with Crippen molar-refractivity contribution >= 4 is 50.2 Å². The van der Waals surface area contributed by atoms with Gasteiger partial charge < -0.3 is 19.7 Å². The predicted octanol–water partition coefficient (Wildman–Crippen LogP) is 4.47. The predicted molar refractivity (Wildman–Crippen MR) is 133 cm³/mol. The normalized spacial score (nSPS) is 10.8. The van der Waals surface area contributed by atoms with Crippen LogP contribution in [0, 0.1) is 0 Å². The molecule has 0 saturated carbocycles. The Bertz CT molecular complexity index is 1250. The number of nitrogens with one attached hydrogen (secondary N) is 1. The number of carbonyl (C=O) groups excluding carboxylic acids is 1. The number of benzene rings is 2. The number of methoxy groups -OCH3 is 2. The molecule has 1 N–H and O–H groups in total. The molecule has 2 heterocycles. The lowest BCUT2D eigenvalue weighted by molar-refractivity contribution is -0.113. The Morgan fingerprint density at radius 2 is 1.94 bits per heavy atom. The zero-order valence-electron chi connectivity index (χ0n) is 18.4. The van der Waals surface area contributed by atoms with Gasteiger partial charge in [0.25, 0.3) is 0 Å². The van der Waals surface area contributed by atoms with Crippen molar-refractivity contribution in [3.63, 3.8) is 0 Å². The third kappa shape index (κ3) is 5.52. The van der Waals surface area contributed by atoms with E-state index in [-0.39, 0.29) is 11.7 Å². The van der Waals surface area contributed by atoms with Gasteiger partial charge in [-0.25, -0.2) is 9.97 Å². The number of amides is 1. The zero-order chi connectivity index (χ0) is 23.2. The van der Waals surface area contributed by atoms with E-state index in [9.17, 15) is 4.79 Å². The smallest absolute Gasteiger partial charge is 0.234 e. The zero-order valence-corrected chi connectivity index (χ0v) is 20.1. The molecule has 2 aromatic carbocycles. The average Bonchev–Trinajstić information content (AvgIpc) is 3.29. The van der Waals surface area contributed by atoms with E-state index in [4.69, 9.17) is 9.47 Å². The fraction of sp³-hybridized carbons (Fsp3) is 0.217. The van der Waals surface area contributed by atoms with Gasteiger partial charge in [0.2, 0.25) is 5.91 Å². The van der Waals surface area contributed by atoms with Gasteiger partial charge in [-0.05, 0) is 17.7 Å². The van der Waals surface area contributed by atoms with E-state index in [0.29, 0.717) is 22.8 Å². The van der Waals surface area contributed by atoms with Gasteiger partial charge in [-0.15, -0.1) is 0 Å². The summed E-state index contributed by atoms with van der Waals surface area (Å²) >= 11 is 2.87. The van der Waals surface area contributed by atoms with Crippen molar-refractivity contribution in [2.45, 2.75) is 11.6 Å². The molecular formula is C23H23N5O3S2. The molecule has 0 aliphatic heterocycles. The molecule has 8 nitrogen and oxygen atoms in total. The number of hydrogen-bond donors (Lipinski definition) is 1. The van der Waals surface area contributed by atoms with E-state index in [0.717, 1.165) is 21.4 Å². The van der Waals surface area contributed by atoms with Gasteiger partial charge in [-0.2, -0.15) is 4.98 Å². The second-order valence-electron chi connectivity index (χ2n) is 7.07. The van der Waals surface area contributed by atoms with Crippen LogP contribution >= 0.6 is 23.1 Å². The Labute approximate surface area is 200 Å². The van der Waals surface area contributed by atoms with E-state index in [2.05, 4.69) is 37.3 Å². The van der Waals surface area contributed by atoms with Crippen LogP contribution in [0.4, 0.5) is 10.8 Å². The minimum atomic E-state index is -0.166. The SMILES string of the molecule is COc1ccc(NC(=O)CSc2ncnc3nc(N(C)Cc4ccccc4)sc23)c(OC)c1. The van der Waals surface area contributed by atoms with E-state index >= 15 is 0 Å². The molecule has 0 aliphatic rings. The number of thiazole rings is 1. The van der Waals surface area contributed by atoms with Crippen LogP contribution in [0.2, 0.25) is 0 Å². The minimum absolute atomic E-state index is 0.166. The van der Waals surface area contributed by atoms with Crippen LogP contribution in [0.25, 0.3) is 10.3 Å². The first-order valence-corrected chi connectivity index (χ1v) is 11.9. The van der Waals surface area contributed by atoms with Crippen molar-refractivity contribution < 1.29 is 14.3 Å². The summed E-state index contributed by atoms with van der Waals surface area (Å²) in [4.78, 5) is 28.0. The fourth-order valence-electron chi connectivity index (χ4n) is 3.14. The summed E-state index contributed by atoms with van der Waals surface area (Å²) in [5, 5.41) is 4.46. The lowest BCUT2D eigenvalue weighted by atomic mass is 10.2. The van der Waals surface area contributed by atoms with Gasteiger partial charge in [0.15, 0.2) is 10.8 Å². The van der Waals surface area contributed by atoms with Crippen molar-refractivity contribution in [3.8, 4) is 11.5 Å². The molecule has 0 radical (unpaired) electrons. The quantitative estimate of drug-likeness (QED) is 0.277. The first-order valence-electron chi connectivity index (χ1n) is 10.1. The lowest BCUT2D eigenvalue weighted by Gasteiger charge is -2.15. The molecule has 0 unspecified atom stereocenters. The highest BCUT2D eigenvalue weighted by atomic mass is 32.2. The standard InChI is InChI=1S/C23H23N5O3S2/c1-28(12-15-7-5-4-6-8-15)23-27-21-20(33-23)22(25-14-24-21)32-13-19(29)26-17-10-9-16(30-2)11-18(17)31-3/h4-11,14H,12-13H2,1-3H3,(H,26,29). The Morgan fingerprint density at radius 1 is 1.12 bits per heavy atom. The van der Waals surface area contributed by atoms with Crippen molar-refractivity contribution in [2.75, 3.05) is 37.2 Å². The number of thioether (sulfide) groups is 1. The Balaban J connectivity index is 1.44. The molecule has 4 aromatic rings. The summed E-state index contributed by atoms with van der Waals surface area (Å²) in [7, 11) is 5.13. The van der Waals surface area contributed by atoms with Crippen molar-refractivity contribution in [3.05, 3.63) is 60.4 Å². The highest BCUT2D eigenvalue weighted by Gasteiger charge is 2.16. The molecule has 0 spiro atoms. The van der Waals surface area contributed by atoms with Gasteiger partial charge in [-0.3, -0.25) is 4.79 Å². The number of nitrogens with zero attached hydrogens (tertiary/aromatic N) is 4. The number of carbonyl (C=O) groups is 1. The van der Waals surface area contributed by atoms with Crippen molar-refractivity contribution in [2.24, 2.45) is 0 Å². The molecule has 1 amide bonds. The van der Waals surface area contributed by atoms with E-state index in [1.165, 1.54) is 35.0 Å². The van der Waals surface area contributed by atoms with Crippen LogP contribution < -0.4 is 19.7 Å². The highest BCUT2D eigenvalue weighted by Crippen LogP contribution is 2.34. The summed E-state index contributed by atoms with van der Waals surface area (Å²) < 4.78 is 11.4. The van der Waals surface area contributed by atoms with Crippen molar-refractivity contribution in [1.29, 1.82) is 0 Å². The van der Waals surface area contributed by atoms with Gasteiger partial charge in [-0.1, -0.05) is 53.4 Å². The van der Waals surface area contributed by atoms with Crippen LogP contribution in [-0.2, 0) is 11.3 Å². The average molecular weight is 482 g/mol. The largest absolute Gasteiger partial charge is 0.497 e. The Kier molecular flexibility index (Phi) is 7.26. The maximum absolute atomic E-state index is 12.6. The number of hydrogen-bond acceptors (Lipinski definition) is 9. The summed E-state index contributed by atoms with van der Waals surface area (Å²) in [5.41, 5.74) is 2.41. The third-order valence-electron chi connectivity index (χ3n) is 4.76. The summed E-state index contributed by atoms with van der Waals surface area (Å²) in [5.74, 6) is 1.21. The van der Waals surface area contributed by atoms with Gasteiger partial charge >= 0.3 is 0 Å². The summed E-state index contributed by atoms with van der Waals surface area (Å²) in [6.07, 6.45) is 1.48. The number of ether oxygens (including phenoxy) is 2. The summed E-state index contributed by atoms with van der Waals surface area (Å²) in [6, 6.07) is 15.5. The van der Waals surface area contributed by atoms with E-state index in [1.54, 1.807) is 32.4 Å². The van der Waals surface area contributed by atoms with Gasteiger partial charge in [0.05, 0.1) is 25.7 Å². The molecular weight excluding hydrogens is 458 g/mol. The second-order valence-corrected chi connectivity index (χ2v) is 9.01. The minimum Gasteiger partial charge on any atom is -0.497 e. The van der Waals surface area contributed by atoms with E-state index in [1.807, 2.05) is 25.2 Å². The molecule has 0 fully saturated rings. The van der Waals surface area contributed by atoms with Crippen LogP contribution in [0.3, 0.4) is 0 Å². The number of aromatic nitrogens is 3. The van der Waals surface area contributed by atoms with Crippen LogP contribution in [-0.4, -0.2) is 47.9 Å². The molecule has 0 bridgehead atoms. The third-order valence-corrected chi connectivity index (χ3v) is 7.04. The monoisotopic (exact) mass is 481 g/mol. The lowest BCUT2D eigenvalue weighted by Crippen LogP contribution is -2.15. The molecule has 170 valence electrons. The molecule has 0 aliphatic carbocycles. The first-order chi connectivity index (χ1) is 16.1.